The molecule has 1 aromatic carbocycles. The van der Waals surface area contributed by atoms with E-state index in [1.54, 1.807) is 30.5 Å². The predicted octanol–water partition coefficient (Wildman–Crippen LogP) is 4.40. The van der Waals surface area contributed by atoms with E-state index in [-0.39, 0.29) is 6.10 Å². The zero-order valence-corrected chi connectivity index (χ0v) is 19.0. The Morgan fingerprint density at radius 3 is 2.41 bits per heavy atom. The summed E-state index contributed by atoms with van der Waals surface area (Å²) in [6.07, 6.45) is -0.453. The van der Waals surface area contributed by atoms with Gasteiger partial charge in [-0.25, -0.2) is 9.97 Å². The number of anilines is 2. The van der Waals surface area contributed by atoms with Crippen LogP contribution in [0.3, 0.4) is 0 Å². The summed E-state index contributed by atoms with van der Waals surface area (Å²) in [5, 5.41) is 14.4. The molecule has 1 fully saturated rings. The number of hydrogen-bond donors (Lipinski definition) is 1. The molecular formula is C22H23ClF3N5O3. The van der Waals surface area contributed by atoms with Crippen molar-refractivity contribution in [2.75, 3.05) is 23.0 Å². The van der Waals surface area contributed by atoms with Gasteiger partial charge in [0.05, 0.1) is 30.5 Å². The summed E-state index contributed by atoms with van der Waals surface area (Å²) >= 11 is 5.78. The minimum absolute atomic E-state index is 0.0243. The highest BCUT2D eigenvalue weighted by Crippen LogP contribution is 2.37. The van der Waals surface area contributed by atoms with Crippen LogP contribution in [0.4, 0.5) is 24.7 Å². The number of halogens is 4. The van der Waals surface area contributed by atoms with E-state index in [9.17, 15) is 23.1 Å². The Bertz CT molecular complexity index is 1040. The Kier molecular flexibility index (Phi) is 6.83. The van der Waals surface area contributed by atoms with Crippen LogP contribution in [0, 0.1) is 5.92 Å². The second-order valence-electron chi connectivity index (χ2n) is 8.28. The third kappa shape index (κ3) is 5.35. The number of hydrazone groups is 1. The number of carbonyl (C=O) groups is 1. The van der Waals surface area contributed by atoms with E-state index in [2.05, 4.69) is 20.0 Å². The lowest BCUT2D eigenvalue weighted by molar-refractivity contribution is -0.137. The number of hydrogen-bond acceptors (Lipinski definition) is 7. The van der Waals surface area contributed by atoms with Gasteiger partial charge < -0.3 is 14.7 Å². The molecule has 1 N–H and O–H groups in total. The standard InChI is InChI=1S/C22H23ClF3N5O3/c1-13-17(10-20(32)33)31(29-21(13)22(24,25)26)14-2-4-15(5-3-14)34-16-6-8-30(9-7-16)19-12-27-18(23)11-28-19/h2-5,11-13,16-17H,6-10H2,1H3,(H,32,33). The highest BCUT2D eigenvalue weighted by molar-refractivity contribution is 6.29. The van der Waals surface area contributed by atoms with Crippen molar-refractivity contribution < 1.29 is 27.8 Å². The van der Waals surface area contributed by atoms with Crippen molar-refractivity contribution >= 4 is 34.8 Å². The Morgan fingerprint density at radius 1 is 1.18 bits per heavy atom. The number of piperidine rings is 1. The monoisotopic (exact) mass is 497 g/mol. The molecule has 0 saturated carbocycles. The molecule has 0 bridgehead atoms. The molecule has 2 aromatic rings. The van der Waals surface area contributed by atoms with Crippen LogP contribution >= 0.6 is 11.6 Å². The molecule has 12 heteroatoms. The molecule has 3 heterocycles. The van der Waals surface area contributed by atoms with Crippen molar-refractivity contribution in [3.63, 3.8) is 0 Å². The number of nitrogens with zero attached hydrogens (tertiary/aromatic N) is 5. The average molecular weight is 498 g/mol. The normalized spacial score (nSPS) is 21.5. The first kappa shape index (κ1) is 24.1. The molecule has 0 radical (unpaired) electrons. The van der Waals surface area contributed by atoms with Crippen molar-refractivity contribution in [1.82, 2.24) is 9.97 Å². The fourth-order valence-corrected chi connectivity index (χ4v) is 4.32. The third-order valence-electron chi connectivity index (χ3n) is 5.99. The Hall–Kier alpha value is -3.08. The van der Waals surface area contributed by atoms with Gasteiger partial charge in [-0.1, -0.05) is 18.5 Å². The van der Waals surface area contributed by atoms with E-state index in [1.165, 1.54) is 13.1 Å². The number of benzene rings is 1. The number of aromatic nitrogens is 2. The lowest BCUT2D eigenvalue weighted by atomic mass is 9.94. The quantitative estimate of drug-likeness (QED) is 0.632. The minimum Gasteiger partial charge on any atom is -0.490 e. The fraction of sp³-hybridized carbons (Fsp3) is 0.455. The van der Waals surface area contributed by atoms with Crippen molar-refractivity contribution in [3.8, 4) is 5.75 Å². The molecule has 0 spiro atoms. The predicted molar refractivity (Wildman–Crippen MR) is 121 cm³/mol. The first-order chi connectivity index (χ1) is 16.1. The van der Waals surface area contributed by atoms with Crippen LogP contribution in [0.15, 0.2) is 41.8 Å². The average Bonchev–Trinajstić information content (AvgIpc) is 3.11. The summed E-state index contributed by atoms with van der Waals surface area (Å²) in [5.74, 6) is -0.920. The van der Waals surface area contributed by atoms with E-state index >= 15 is 0 Å². The van der Waals surface area contributed by atoms with Crippen LogP contribution in [0.1, 0.15) is 26.2 Å². The van der Waals surface area contributed by atoms with Gasteiger partial charge >= 0.3 is 12.1 Å². The second-order valence-corrected chi connectivity index (χ2v) is 8.66. The first-order valence-corrected chi connectivity index (χ1v) is 11.2. The smallest absolute Gasteiger partial charge is 0.431 e. The summed E-state index contributed by atoms with van der Waals surface area (Å²) in [6, 6.07) is 5.59. The van der Waals surface area contributed by atoms with Crippen LogP contribution in [-0.4, -0.2) is 58.2 Å². The molecule has 0 amide bonds. The van der Waals surface area contributed by atoms with Gasteiger partial charge in [0.2, 0.25) is 0 Å². The van der Waals surface area contributed by atoms with Gasteiger partial charge in [-0.2, -0.15) is 18.3 Å². The fourth-order valence-electron chi connectivity index (χ4n) is 4.22. The lowest BCUT2D eigenvalue weighted by Crippen LogP contribution is -2.38. The summed E-state index contributed by atoms with van der Waals surface area (Å²) in [4.78, 5) is 21.7. The van der Waals surface area contributed by atoms with Gasteiger partial charge in [0.1, 0.15) is 28.5 Å². The Labute approximate surface area is 199 Å². The molecule has 4 rings (SSSR count). The molecule has 2 unspecified atom stereocenters. The maximum atomic E-state index is 13.3. The SMILES string of the molecule is CC1C(C(F)(F)F)=NN(c2ccc(OC3CCN(c4cnc(Cl)cn4)CC3)cc2)C1CC(=O)O. The van der Waals surface area contributed by atoms with Crippen LogP contribution < -0.4 is 14.6 Å². The molecule has 2 atom stereocenters. The Balaban J connectivity index is 1.40. The third-order valence-corrected chi connectivity index (χ3v) is 6.18. The zero-order valence-electron chi connectivity index (χ0n) is 18.2. The molecule has 2 aliphatic heterocycles. The van der Waals surface area contributed by atoms with Gasteiger partial charge in [0.15, 0.2) is 0 Å². The molecule has 0 aliphatic carbocycles. The number of ether oxygens (including phenoxy) is 1. The van der Waals surface area contributed by atoms with Gasteiger partial charge in [-0.3, -0.25) is 9.80 Å². The maximum absolute atomic E-state index is 13.3. The number of rotatable bonds is 6. The summed E-state index contributed by atoms with van der Waals surface area (Å²) in [7, 11) is 0. The van der Waals surface area contributed by atoms with Gasteiger partial charge in [0.25, 0.3) is 0 Å². The molecule has 1 saturated heterocycles. The summed E-state index contributed by atoms with van der Waals surface area (Å²) in [6.45, 7) is 2.81. The van der Waals surface area contributed by atoms with Crippen LogP contribution in [0.5, 0.6) is 5.75 Å². The van der Waals surface area contributed by atoms with Crippen LogP contribution in [0.25, 0.3) is 0 Å². The molecule has 182 valence electrons. The largest absolute Gasteiger partial charge is 0.490 e. The van der Waals surface area contributed by atoms with Crippen molar-refractivity contribution in [2.24, 2.45) is 11.0 Å². The van der Waals surface area contributed by atoms with Gasteiger partial charge in [-0.15, -0.1) is 0 Å². The van der Waals surface area contributed by atoms with E-state index in [4.69, 9.17) is 16.3 Å². The maximum Gasteiger partial charge on any atom is 0.431 e. The number of aliphatic carboxylic acids is 1. The highest BCUT2D eigenvalue weighted by Gasteiger charge is 2.48. The lowest BCUT2D eigenvalue weighted by Gasteiger charge is -2.32. The highest BCUT2D eigenvalue weighted by atomic mass is 35.5. The van der Waals surface area contributed by atoms with Crippen molar-refractivity contribution in [2.45, 2.75) is 44.5 Å². The Morgan fingerprint density at radius 2 is 1.85 bits per heavy atom. The second kappa shape index (κ2) is 9.65. The number of carboxylic acid groups (broad SMARTS) is 1. The van der Waals surface area contributed by atoms with E-state index < -0.39 is 36.2 Å². The van der Waals surface area contributed by atoms with Gasteiger partial charge in [0, 0.05) is 31.8 Å². The molecule has 8 nitrogen and oxygen atoms in total. The summed E-state index contributed by atoms with van der Waals surface area (Å²) < 4.78 is 46.1. The number of alkyl halides is 3. The molecule has 34 heavy (non-hydrogen) atoms. The van der Waals surface area contributed by atoms with E-state index in [0.29, 0.717) is 16.6 Å². The topological polar surface area (TPSA) is 91.2 Å². The minimum atomic E-state index is -4.62. The number of carboxylic acids is 1. The van der Waals surface area contributed by atoms with Crippen molar-refractivity contribution in [3.05, 3.63) is 41.8 Å². The zero-order chi connectivity index (χ0) is 24.5. The summed E-state index contributed by atoms with van der Waals surface area (Å²) in [5.41, 5.74) is -0.600. The van der Waals surface area contributed by atoms with E-state index in [0.717, 1.165) is 36.8 Å². The van der Waals surface area contributed by atoms with E-state index in [1.807, 2.05) is 0 Å². The van der Waals surface area contributed by atoms with Crippen molar-refractivity contribution in [1.29, 1.82) is 0 Å². The molecule has 2 aliphatic rings. The first-order valence-electron chi connectivity index (χ1n) is 10.8. The molecular weight excluding hydrogens is 475 g/mol. The molecule has 1 aromatic heterocycles. The van der Waals surface area contributed by atoms with Crippen LogP contribution in [0.2, 0.25) is 5.15 Å². The van der Waals surface area contributed by atoms with Crippen LogP contribution in [-0.2, 0) is 4.79 Å². The van der Waals surface area contributed by atoms with Gasteiger partial charge in [-0.05, 0) is 24.3 Å².